The van der Waals surface area contributed by atoms with Gasteiger partial charge in [0.05, 0.1) is 18.8 Å². The van der Waals surface area contributed by atoms with E-state index in [2.05, 4.69) is 34.7 Å². The number of nitrogens with one attached hydrogen (secondary N) is 1. The third-order valence-electron chi connectivity index (χ3n) is 3.49. The zero-order valence-electron chi connectivity index (χ0n) is 12.8. The standard InChI is InChI=1S/C17H24N2OS/c1-3-11-18-15(9-4-7-14-8-6-13-21-14)17-16(20-2)10-5-12-19-17/h5-6,8,10,12-13,15,18H,3-4,7,9,11H2,1-2H3. The molecule has 21 heavy (non-hydrogen) atoms. The maximum atomic E-state index is 5.46. The van der Waals surface area contributed by atoms with Crippen molar-refractivity contribution in [3.05, 3.63) is 46.4 Å². The number of rotatable bonds is 9. The highest BCUT2D eigenvalue weighted by molar-refractivity contribution is 7.09. The zero-order chi connectivity index (χ0) is 14.9. The van der Waals surface area contributed by atoms with E-state index in [1.807, 2.05) is 29.7 Å². The first-order valence-electron chi connectivity index (χ1n) is 7.59. The van der Waals surface area contributed by atoms with Gasteiger partial charge in [-0.15, -0.1) is 11.3 Å². The molecule has 4 heteroatoms. The van der Waals surface area contributed by atoms with Gasteiger partial charge in [-0.25, -0.2) is 0 Å². The van der Waals surface area contributed by atoms with E-state index >= 15 is 0 Å². The number of aromatic nitrogens is 1. The summed E-state index contributed by atoms with van der Waals surface area (Å²) in [5.74, 6) is 0.877. The van der Waals surface area contributed by atoms with Gasteiger partial charge in [-0.3, -0.25) is 4.98 Å². The number of aryl methyl sites for hydroxylation is 1. The van der Waals surface area contributed by atoms with Crippen LogP contribution >= 0.6 is 11.3 Å². The summed E-state index contributed by atoms with van der Waals surface area (Å²) in [6.07, 6.45) is 6.33. The number of thiophene rings is 1. The monoisotopic (exact) mass is 304 g/mol. The van der Waals surface area contributed by atoms with Crippen LogP contribution in [0.2, 0.25) is 0 Å². The van der Waals surface area contributed by atoms with Gasteiger partial charge >= 0.3 is 0 Å². The predicted molar refractivity (Wildman–Crippen MR) is 89.1 cm³/mol. The maximum absolute atomic E-state index is 5.46. The topological polar surface area (TPSA) is 34.2 Å². The molecule has 0 aliphatic heterocycles. The summed E-state index contributed by atoms with van der Waals surface area (Å²) in [6, 6.07) is 8.50. The predicted octanol–water partition coefficient (Wildman–Crippen LogP) is 4.22. The number of ether oxygens (including phenoxy) is 1. The van der Waals surface area contributed by atoms with Crippen LogP contribution in [0.25, 0.3) is 0 Å². The van der Waals surface area contributed by atoms with Crippen molar-refractivity contribution in [3.8, 4) is 5.75 Å². The van der Waals surface area contributed by atoms with Gasteiger partial charge < -0.3 is 10.1 Å². The summed E-state index contributed by atoms with van der Waals surface area (Å²) in [5, 5.41) is 5.74. The van der Waals surface area contributed by atoms with Crippen molar-refractivity contribution < 1.29 is 4.74 Å². The summed E-state index contributed by atoms with van der Waals surface area (Å²) in [4.78, 5) is 5.99. The van der Waals surface area contributed by atoms with Crippen LogP contribution in [0.1, 0.15) is 42.8 Å². The molecule has 0 aliphatic carbocycles. The van der Waals surface area contributed by atoms with Crippen molar-refractivity contribution in [1.29, 1.82) is 0 Å². The number of hydrogen-bond donors (Lipinski definition) is 1. The first kappa shape index (κ1) is 16.0. The Morgan fingerprint density at radius 3 is 2.95 bits per heavy atom. The van der Waals surface area contributed by atoms with Crippen LogP contribution in [0.5, 0.6) is 5.75 Å². The van der Waals surface area contributed by atoms with E-state index in [0.717, 1.165) is 43.7 Å². The van der Waals surface area contributed by atoms with Crippen LogP contribution in [0.3, 0.4) is 0 Å². The average Bonchev–Trinajstić information content (AvgIpc) is 3.04. The van der Waals surface area contributed by atoms with Crippen LogP contribution in [0, 0.1) is 0 Å². The highest BCUT2D eigenvalue weighted by atomic mass is 32.1. The first-order chi connectivity index (χ1) is 10.3. The molecule has 3 nitrogen and oxygen atoms in total. The molecule has 0 saturated carbocycles. The quantitative estimate of drug-likeness (QED) is 0.753. The second-order valence-corrected chi connectivity index (χ2v) is 6.10. The molecule has 2 rings (SSSR count). The minimum atomic E-state index is 0.265. The molecule has 0 bridgehead atoms. The molecule has 2 aromatic heterocycles. The molecule has 0 aliphatic rings. The summed E-state index contributed by atoms with van der Waals surface area (Å²) in [7, 11) is 1.71. The summed E-state index contributed by atoms with van der Waals surface area (Å²) in [5.41, 5.74) is 1.03. The Labute approximate surface area is 131 Å². The van der Waals surface area contributed by atoms with Gasteiger partial charge in [0, 0.05) is 11.1 Å². The minimum Gasteiger partial charge on any atom is -0.495 e. The van der Waals surface area contributed by atoms with Crippen molar-refractivity contribution in [3.63, 3.8) is 0 Å². The normalized spacial score (nSPS) is 12.3. The third kappa shape index (κ3) is 4.83. The van der Waals surface area contributed by atoms with E-state index in [1.165, 1.54) is 4.88 Å². The van der Waals surface area contributed by atoms with Crippen LogP contribution in [0.4, 0.5) is 0 Å². The van der Waals surface area contributed by atoms with Gasteiger partial charge in [0.25, 0.3) is 0 Å². The molecule has 0 fully saturated rings. The van der Waals surface area contributed by atoms with E-state index in [9.17, 15) is 0 Å². The van der Waals surface area contributed by atoms with Crippen molar-refractivity contribution >= 4 is 11.3 Å². The number of pyridine rings is 1. The molecular weight excluding hydrogens is 280 g/mol. The van der Waals surface area contributed by atoms with Crippen molar-refractivity contribution in [2.45, 2.75) is 38.6 Å². The lowest BCUT2D eigenvalue weighted by Crippen LogP contribution is -2.23. The van der Waals surface area contributed by atoms with Gasteiger partial charge in [-0.05, 0) is 55.8 Å². The highest BCUT2D eigenvalue weighted by Crippen LogP contribution is 2.26. The molecule has 0 amide bonds. The van der Waals surface area contributed by atoms with Gasteiger partial charge in [-0.2, -0.15) is 0 Å². The zero-order valence-corrected chi connectivity index (χ0v) is 13.7. The van der Waals surface area contributed by atoms with Crippen LogP contribution in [-0.4, -0.2) is 18.6 Å². The van der Waals surface area contributed by atoms with Crippen LogP contribution in [0.15, 0.2) is 35.8 Å². The Bertz CT molecular complexity index is 513. The Hall–Kier alpha value is -1.39. The Morgan fingerprint density at radius 2 is 2.24 bits per heavy atom. The maximum Gasteiger partial charge on any atom is 0.141 e. The number of nitrogens with zero attached hydrogens (tertiary/aromatic N) is 1. The second-order valence-electron chi connectivity index (χ2n) is 5.07. The summed E-state index contributed by atoms with van der Waals surface area (Å²) >= 11 is 1.84. The van der Waals surface area contributed by atoms with Crippen LogP contribution < -0.4 is 10.1 Å². The van der Waals surface area contributed by atoms with Gasteiger partial charge in [0.15, 0.2) is 0 Å². The molecule has 2 heterocycles. The van der Waals surface area contributed by atoms with Crippen molar-refractivity contribution in [2.24, 2.45) is 0 Å². The molecule has 0 radical (unpaired) electrons. The van der Waals surface area contributed by atoms with Crippen molar-refractivity contribution in [1.82, 2.24) is 10.3 Å². The average molecular weight is 304 g/mol. The molecule has 1 unspecified atom stereocenters. The minimum absolute atomic E-state index is 0.265. The smallest absolute Gasteiger partial charge is 0.141 e. The highest BCUT2D eigenvalue weighted by Gasteiger charge is 2.16. The molecule has 0 aromatic carbocycles. The summed E-state index contributed by atoms with van der Waals surface area (Å²) < 4.78 is 5.46. The molecule has 1 N–H and O–H groups in total. The van der Waals surface area contributed by atoms with Crippen LogP contribution in [-0.2, 0) is 6.42 Å². The largest absolute Gasteiger partial charge is 0.495 e. The van der Waals surface area contributed by atoms with E-state index in [0.29, 0.717) is 0 Å². The molecule has 1 atom stereocenters. The third-order valence-corrected chi connectivity index (χ3v) is 4.42. The fraction of sp³-hybridized carbons (Fsp3) is 0.471. The Morgan fingerprint density at radius 1 is 1.33 bits per heavy atom. The van der Waals surface area contributed by atoms with Crippen molar-refractivity contribution in [2.75, 3.05) is 13.7 Å². The van der Waals surface area contributed by atoms with E-state index < -0.39 is 0 Å². The Kier molecular flexibility index (Phi) is 6.70. The second kappa shape index (κ2) is 8.80. The lowest BCUT2D eigenvalue weighted by atomic mass is 10.0. The number of methoxy groups -OCH3 is 1. The molecule has 114 valence electrons. The van der Waals surface area contributed by atoms with Gasteiger partial charge in [0.1, 0.15) is 5.75 Å². The fourth-order valence-electron chi connectivity index (χ4n) is 2.43. The summed E-state index contributed by atoms with van der Waals surface area (Å²) in [6.45, 7) is 3.19. The molecule has 2 aromatic rings. The lowest BCUT2D eigenvalue weighted by Gasteiger charge is -2.20. The lowest BCUT2D eigenvalue weighted by molar-refractivity contribution is 0.387. The molecule has 0 spiro atoms. The van der Waals surface area contributed by atoms with E-state index in [-0.39, 0.29) is 6.04 Å². The molecular formula is C17H24N2OS. The Balaban J connectivity index is 1.99. The number of hydrogen-bond acceptors (Lipinski definition) is 4. The van der Waals surface area contributed by atoms with E-state index in [4.69, 9.17) is 4.74 Å². The first-order valence-corrected chi connectivity index (χ1v) is 8.47. The van der Waals surface area contributed by atoms with Gasteiger partial charge in [-0.1, -0.05) is 13.0 Å². The molecule has 0 saturated heterocycles. The van der Waals surface area contributed by atoms with E-state index in [1.54, 1.807) is 7.11 Å². The SMILES string of the molecule is CCCNC(CCCc1cccs1)c1ncccc1OC. The fourth-order valence-corrected chi connectivity index (χ4v) is 3.18. The van der Waals surface area contributed by atoms with Gasteiger partial charge in [0.2, 0.25) is 0 Å².